The molecule has 0 amide bonds. The van der Waals surface area contributed by atoms with Gasteiger partial charge >= 0.3 is 0 Å². The first-order valence-electron chi connectivity index (χ1n) is 6.49. The number of nitriles is 1. The fourth-order valence-corrected chi connectivity index (χ4v) is 2.81. The molecule has 0 bridgehead atoms. The van der Waals surface area contributed by atoms with Gasteiger partial charge in [0, 0.05) is 6.04 Å². The first-order valence-corrected chi connectivity index (χ1v) is 6.49. The zero-order chi connectivity index (χ0) is 13.2. The van der Waals surface area contributed by atoms with Gasteiger partial charge in [-0.3, -0.25) is 0 Å². The Morgan fingerprint density at radius 2 is 2.17 bits per heavy atom. The molecular formula is C14H20N4. The molecule has 1 heterocycles. The molecule has 2 unspecified atom stereocenters. The summed E-state index contributed by atoms with van der Waals surface area (Å²) >= 11 is 0. The second kappa shape index (κ2) is 4.93. The molecule has 1 fully saturated rings. The Kier molecular flexibility index (Phi) is 3.51. The summed E-state index contributed by atoms with van der Waals surface area (Å²) in [7, 11) is 0. The summed E-state index contributed by atoms with van der Waals surface area (Å²) in [5, 5.41) is 12.1. The predicted octanol–water partition coefficient (Wildman–Crippen LogP) is 2.97. The van der Waals surface area contributed by atoms with E-state index in [-0.39, 0.29) is 0 Å². The molecule has 1 aliphatic rings. The highest BCUT2D eigenvalue weighted by Crippen LogP contribution is 2.39. The minimum absolute atomic E-state index is 0.360. The number of rotatable bonds is 2. The van der Waals surface area contributed by atoms with Gasteiger partial charge in [0.2, 0.25) is 0 Å². The Morgan fingerprint density at radius 1 is 1.39 bits per heavy atom. The first kappa shape index (κ1) is 12.8. The maximum Gasteiger partial charge on any atom is 0.158 e. The lowest BCUT2D eigenvalue weighted by Crippen LogP contribution is -2.37. The van der Waals surface area contributed by atoms with Crippen LogP contribution in [0.4, 0.5) is 5.82 Å². The lowest BCUT2D eigenvalue weighted by Gasteiger charge is -2.39. The van der Waals surface area contributed by atoms with Gasteiger partial charge in [-0.2, -0.15) is 5.26 Å². The van der Waals surface area contributed by atoms with Crippen LogP contribution in [0.3, 0.4) is 0 Å². The highest BCUT2D eigenvalue weighted by molar-refractivity contribution is 5.34. The standard InChI is InChI=1S/C14H20N4/c1-10-6-14(2,3)5-4-12(10)18-13-9-16-11(7-15)8-17-13/h8-10,12H,4-6H2,1-3H3,(H,17,18). The van der Waals surface area contributed by atoms with E-state index in [1.807, 2.05) is 6.07 Å². The largest absolute Gasteiger partial charge is 0.366 e. The number of nitrogens with zero attached hydrogens (tertiary/aromatic N) is 3. The Labute approximate surface area is 108 Å². The van der Waals surface area contributed by atoms with Crippen molar-refractivity contribution in [2.45, 2.75) is 46.1 Å². The minimum Gasteiger partial charge on any atom is -0.366 e. The third-order valence-corrected chi connectivity index (χ3v) is 3.79. The van der Waals surface area contributed by atoms with Crippen LogP contribution in [0.1, 0.15) is 45.7 Å². The summed E-state index contributed by atoms with van der Waals surface area (Å²) in [5.41, 5.74) is 0.812. The quantitative estimate of drug-likeness (QED) is 0.868. The number of hydrogen-bond acceptors (Lipinski definition) is 4. The van der Waals surface area contributed by atoms with E-state index < -0.39 is 0 Å². The van der Waals surface area contributed by atoms with Crippen molar-refractivity contribution in [2.75, 3.05) is 5.32 Å². The normalized spacial score (nSPS) is 26.3. The molecule has 4 nitrogen and oxygen atoms in total. The average molecular weight is 244 g/mol. The van der Waals surface area contributed by atoms with E-state index in [1.54, 1.807) is 6.20 Å². The van der Waals surface area contributed by atoms with Crippen molar-refractivity contribution in [1.82, 2.24) is 9.97 Å². The molecule has 0 aliphatic heterocycles. The van der Waals surface area contributed by atoms with E-state index in [4.69, 9.17) is 5.26 Å². The molecule has 0 radical (unpaired) electrons. The molecule has 0 saturated heterocycles. The zero-order valence-electron chi connectivity index (χ0n) is 11.3. The van der Waals surface area contributed by atoms with Gasteiger partial charge in [-0.1, -0.05) is 20.8 Å². The molecule has 1 aliphatic carbocycles. The van der Waals surface area contributed by atoms with Gasteiger partial charge in [-0.15, -0.1) is 0 Å². The highest BCUT2D eigenvalue weighted by Gasteiger charge is 2.32. The van der Waals surface area contributed by atoms with Crippen molar-refractivity contribution >= 4 is 5.82 Å². The van der Waals surface area contributed by atoms with Gasteiger partial charge in [0.25, 0.3) is 0 Å². The lowest BCUT2D eigenvalue weighted by atomic mass is 9.70. The van der Waals surface area contributed by atoms with Crippen LogP contribution in [0.5, 0.6) is 0 Å². The number of nitrogens with one attached hydrogen (secondary N) is 1. The smallest absolute Gasteiger partial charge is 0.158 e. The lowest BCUT2D eigenvalue weighted by molar-refractivity contribution is 0.177. The second-order valence-corrected chi connectivity index (χ2v) is 6.03. The van der Waals surface area contributed by atoms with Crippen molar-refractivity contribution in [3.63, 3.8) is 0 Å². The van der Waals surface area contributed by atoms with Gasteiger partial charge in [-0.25, -0.2) is 9.97 Å². The molecule has 96 valence electrons. The van der Waals surface area contributed by atoms with Gasteiger partial charge in [0.15, 0.2) is 5.69 Å². The first-order chi connectivity index (χ1) is 8.50. The third-order valence-electron chi connectivity index (χ3n) is 3.79. The van der Waals surface area contributed by atoms with Crippen LogP contribution in [0.15, 0.2) is 12.4 Å². The van der Waals surface area contributed by atoms with E-state index in [1.165, 1.54) is 19.0 Å². The molecule has 1 aromatic heterocycles. The molecule has 1 aromatic rings. The highest BCUT2D eigenvalue weighted by atomic mass is 15.0. The van der Waals surface area contributed by atoms with Gasteiger partial charge in [0.05, 0.1) is 12.4 Å². The summed E-state index contributed by atoms with van der Waals surface area (Å²) in [6.45, 7) is 6.96. The van der Waals surface area contributed by atoms with Gasteiger partial charge in [0.1, 0.15) is 11.9 Å². The monoisotopic (exact) mass is 244 g/mol. The third kappa shape index (κ3) is 2.98. The molecule has 2 atom stereocenters. The van der Waals surface area contributed by atoms with Crippen LogP contribution in [0.2, 0.25) is 0 Å². The Morgan fingerprint density at radius 3 is 2.72 bits per heavy atom. The topological polar surface area (TPSA) is 61.6 Å². The molecular weight excluding hydrogens is 224 g/mol. The Hall–Kier alpha value is -1.63. The summed E-state index contributed by atoms with van der Waals surface area (Å²) in [6, 6.07) is 2.43. The molecule has 0 spiro atoms. The van der Waals surface area contributed by atoms with Crippen molar-refractivity contribution in [1.29, 1.82) is 5.26 Å². The molecule has 4 heteroatoms. The summed E-state index contributed by atoms with van der Waals surface area (Å²) in [6.07, 6.45) is 6.79. The van der Waals surface area contributed by atoms with Crippen LogP contribution in [0.25, 0.3) is 0 Å². The average Bonchev–Trinajstić information content (AvgIpc) is 2.33. The summed E-state index contributed by atoms with van der Waals surface area (Å²) in [5.74, 6) is 1.40. The molecule has 2 rings (SSSR count). The zero-order valence-corrected chi connectivity index (χ0v) is 11.3. The molecule has 18 heavy (non-hydrogen) atoms. The van der Waals surface area contributed by atoms with Gasteiger partial charge in [-0.05, 0) is 30.6 Å². The number of hydrogen-bond donors (Lipinski definition) is 1. The predicted molar refractivity (Wildman–Crippen MR) is 71.0 cm³/mol. The van der Waals surface area contributed by atoms with Crippen LogP contribution < -0.4 is 5.32 Å². The van der Waals surface area contributed by atoms with Crippen molar-refractivity contribution < 1.29 is 0 Å². The van der Waals surface area contributed by atoms with Crippen LogP contribution >= 0.6 is 0 Å². The van der Waals surface area contributed by atoms with E-state index in [0.717, 1.165) is 12.2 Å². The fourth-order valence-electron chi connectivity index (χ4n) is 2.81. The van der Waals surface area contributed by atoms with Gasteiger partial charge < -0.3 is 5.32 Å². The van der Waals surface area contributed by atoms with Crippen molar-refractivity contribution in [2.24, 2.45) is 11.3 Å². The van der Waals surface area contributed by atoms with E-state index in [2.05, 4.69) is 36.1 Å². The number of aromatic nitrogens is 2. The maximum atomic E-state index is 8.68. The summed E-state index contributed by atoms with van der Waals surface area (Å²) < 4.78 is 0. The molecule has 1 saturated carbocycles. The fraction of sp³-hybridized carbons (Fsp3) is 0.643. The van der Waals surface area contributed by atoms with E-state index in [9.17, 15) is 0 Å². The van der Waals surface area contributed by atoms with Crippen LogP contribution in [0, 0.1) is 22.7 Å². The van der Waals surface area contributed by atoms with Crippen molar-refractivity contribution in [3.8, 4) is 6.07 Å². The van der Waals surface area contributed by atoms with E-state index in [0.29, 0.717) is 23.1 Å². The SMILES string of the molecule is CC1CC(C)(C)CCC1Nc1cnc(C#N)cn1. The Balaban J connectivity index is 1.99. The summed E-state index contributed by atoms with van der Waals surface area (Å²) in [4.78, 5) is 8.25. The van der Waals surface area contributed by atoms with E-state index >= 15 is 0 Å². The second-order valence-electron chi connectivity index (χ2n) is 6.03. The van der Waals surface area contributed by atoms with Crippen LogP contribution in [-0.2, 0) is 0 Å². The minimum atomic E-state index is 0.360. The maximum absolute atomic E-state index is 8.68. The number of anilines is 1. The molecule has 1 N–H and O–H groups in total. The van der Waals surface area contributed by atoms with Crippen LogP contribution in [-0.4, -0.2) is 16.0 Å². The molecule has 0 aromatic carbocycles. The Bertz CT molecular complexity index is 444. The van der Waals surface area contributed by atoms with Crippen molar-refractivity contribution in [3.05, 3.63) is 18.1 Å².